The summed E-state index contributed by atoms with van der Waals surface area (Å²) < 4.78 is 0. The molecule has 0 spiro atoms. The van der Waals surface area contributed by atoms with Crippen molar-refractivity contribution in [3.63, 3.8) is 0 Å². The van der Waals surface area contributed by atoms with Crippen molar-refractivity contribution in [1.82, 2.24) is 14.8 Å². The summed E-state index contributed by atoms with van der Waals surface area (Å²) in [5.41, 5.74) is 2.18. The number of pyridine rings is 1. The van der Waals surface area contributed by atoms with Crippen LogP contribution in [0.2, 0.25) is 5.02 Å². The molecule has 160 valence electrons. The fourth-order valence-electron chi connectivity index (χ4n) is 4.71. The van der Waals surface area contributed by atoms with Gasteiger partial charge in [-0.3, -0.25) is 14.7 Å². The Kier molecular flexibility index (Phi) is 7.03. The van der Waals surface area contributed by atoms with Crippen LogP contribution in [0.4, 0.5) is 0 Å². The van der Waals surface area contributed by atoms with Gasteiger partial charge in [-0.15, -0.1) is 0 Å². The average molecular weight is 428 g/mol. The molecule has 1 N–H and O–H groups in total. The fourth-order valence-corrected chi connectivity index (χ4v) is 4.84. The summed E-state index contributed by atoms with van der Waals surface area (Å²) in [5.74, 6) is 0.631. The third kappa shape index (κ3) is 5.20. The van der Waals surface area contributed by atoms with E-state index in [1.807, 2.05) is 41.6 Å². The Morgan fingerprint density at radius 1 is 1.00 bits per heavy atom. The number of hydrogen-bond donors (Lipinski definition) is 1. The van der Waals surface area contributed by atoms with E-state index in [9.17, 15) is 9.90 Å². The number of aliphatic hydroxyl groups is 1. The van der Waals surface area contributed by atoms with E-state index in [-0.39, 0.29) is 11.8 Å². The molecule has 30 heavy (non-hydrogen) atoms. The van der Waals surface area contributed by atoms with Crippen LogP contribution in [0.1, 0.15) is 42.9 Å². The van der Waals surface area contributed by atoms with Crippen molar-refractivity contribution in [2.24, 2.45) is 11.8 Å². The summed E-state index contributed by atoms with van der Waals surface area (Å²) in [6, 6.07) is 11.5. The molecule has 2 aromatic rings. The number of carbonyl (C=O) groups is 1. The van der Waals surface area contributed by atoms with Crippen molar-refractivity contribution in [3.8, 4) is 0 Å². The van der Waals surface area contributed by atoms with E-state index >= 15 is 0 Å². The van der Waals surface area contributed by atoms with Gasteiger partial charge in [0.2, 0.25) is 5.91 Å². The van der Waals surface area contributed by atoms with Gasteiger partial charge in [0.25, 0.3) is 0 Å². The summed E-state index contributed by atoms with van der Waals surface area (Å²) in [6.07, 6.45) is 6.72. The molecule has 0 aliphatic carbocycles. The van der Waals surface area contributed by atoms with E-state index in [1.54, 1.807) is 0 Å². The van der Waals surface area contributed by atoms with E-state index in [1.165, 1.54) is 5.56 Å². The second-order valence-electron chi connectivity index (χ2n) is 8.56. The number of likely N-dealkylation sites (tertiary alicyclic amines) is 2. The highest BCUT2D eigenvalue weighted by molar-refractivity contribution is 6.30. The van der Waals surface area contributed by atoms with E-state index in [0.717, 1.165) is 64.0 Å². The number of aromatic nitrogens is 1. The van der Waals surface area contributed by atoms with Gasteiger partial charge in [0.05, 0.1) is 6.10 Å². The lowest BCUT2D eigenvalue weighted by Crippen LogP contribution is -2.45. The van der Waals surface area contributed by atoms with E-state index in [4.69, 9.17) is 11.6 Å². The molecule has 2 aliphatic heterocycles. The molecule has 0 bridgehead atoms. The Labute approximate surface area is 183 Å². The third-order valence-corrected chi connectivity index (χ3v) is 6.85. The lowest BCUT2D eigenvalue weighted by Gasteiger charge is -2.38. The van der Waals surface area contributed by atoms with E-state index in [0.29, 0.717) is 10.9 Å². The molecule has 2 fully saturated rings. The van der Waals surface area contributed by atoms with Crippen LogP contribution < -0.4 is 0 Å². The third-order valence-electron chi connectivity index (χ3n) is 6.60. The zero-order valence-corrected chi connectivity index (χ0v) is 18.0. The minimum atomic E-state index is -0.490. The normalized spacial score (nSPS) is 20.3. The molecule has 2 saturated heterocycles. The molecule has 1 aromatic carbocycles. The first-order chi connectivity index (χ1) is 14.6. The molecule has 1 aromatic heterocycles. The van der Waals surface area contributed by atoms with Crippen molar-refractivity contribution in [1.29, 1.82) is 0 Å². The van der Waals surface area contributed by atoms with Crippen molar-refractivity contribution in [2.45, 2.75) is 38.3 Å². The monoisotopic (exact) mass is 427 g/mol. The number of hydrogen-bond acceptors (Lipinski definition) is 4. The number of benzene rings is 1. The predicted molar refractivity (Wildman–Crippen MR) is 118 cm³/mol. The second kappa shape index (κ2) is 9.90. The minimum absolute atomic E-state index is 0.136. The lowest BCUT2D eigenvalue weighted by molar-refractivity contribution is -0.139. The SMILES string of the molecule is O=C(C1CCN(Cc2ccncc2)CC1)N1CCC(C(O)c2ccc(Cl)cc2)CC1. The topological polar surface area (TPSA) is 56.7 Å². The Balaban J connectivity index is 1.23. The van der Waals surface area contributed by atoms with Crippen LogP contribution in [-0.4, -0.2) is 52.0 Å². The number of halogens is 1. The zero-order valence-electron chi connectivity index (χ0n) is 17.3. The first-order valence-electron chi connectivity index (χ1n) is 10.9. The zero-order chi connectivity index (χ0) is 20.9. The molecule has 1 unspecified atom stereocenters. The molecule has 0 saturated carbocycles. The van der Waals surface area contributed by atoms with Crippen LogP contribution in [0, 0.1) is 11.8 Å². The Bertz CT molecular complexity index is 814. The standard InChI is InChI=1S/C24H30ClN3O2/c25-22-3-1-19(2-4-22)23(29)20-9-15-28(16-10-20)24(30)21-7-13-27(14-8-21)17-18-5-11-26-12-6-18/h1-6,11-12,20-21,23,29H,7-10,13-17H2. The van der Waals surface area contributed by atoms with Crippen LogP contribution in [-0.2, 0) is 11.3 Å². The van der Waals surface area contributed by atoms with Gasteiger partial charge >= 0.3 is 0 Å². The molecule has 5 nitrogen and oxygen atoms in total. The largest absolute Gasteiger partial charge is 0.388 e. The van der Waals surface area contributed by atoms with Crippen LogP contribution in [0.25, 0.3) is 0 Å². The molecule has 3 heterocycles. The quantitative estimate of drug-likeness (QED) is 0.785. The van der Waals surface area contributed by atoms with Crippen molar-refractivity contribution >= 4 is 17.5 Å². The maximum Gasteiger partial charge on any atom is 0.225 e. The van der Waals surface area contributed by atoms with Gasteiger partial charge in [-0.2, -0.15) is 0 Å². The summed E-state index contributed by atoms with van der Waals surface area (Å²) in [4.78, 5) is 21.5. The maximum absolute atomic E-state index is 13.0. The number of rotatable bonds is 5. The van der Waals surface area contributed by atoms with Gasteiger partial charge < -0.3 is 10.0 Å². The van der Waals surface area contributed by atoms with Gasteiger partial charge in [-0.25, -0.2) is 0 Å². The van der Waals surface area contributed by atoms with E-state index < -0.39 is 6.10 Å². The summed E-state index contributed by atoms with van der Waals surface area (Å²) in [5, 5.41) is 11.4. The van der Waals surface area contributed by atoms with E-state index in [2.05, 4.69) is 22.0 Å². The molecular formula is C24H30ClN3O2. The highest BCUT2D eigenvalue weighted by Gasteiger charge is 2.32. The Morgan fingerprint density at radius 3 is 2.27 bits per heavy atom. The van der Waals surface area contributed by atoms with Crippen LogP contribution in [0.15, 0.2) is 48.8 Å². The molecule has 2 aliphatic rings. The Hall–Kier alpha value is -1.95. The molecule has 0 radical (unpaired) electrons. The predicted octanol–water partition coefficient (Wildman–Crippen LogP) is 3.92. The second-order valence-corrected chi connectivity index (χ2v) is 9.00. The number of carbonyl (C=O) groups excluding carboxylic acids is 1. The first kappa shape index (κ1) is 21.3. The minimum Gasteiger partial charge on any atom is -0.388 e. The van der Waals surface area contributed by atoms with Gasteiger partial charge in [0.15, 0.2) is 0 Å². The van der Waals surface area contributed by atoms with Crippen molar-refractivity contribution in [3.05, 3.63) is 64.9 Å². The lowest BCUT2D eigenvalue weighted by atomic mass is 9.86. The smallest absolute Gasteiger partial charge is 0.225 e. The van der Waals surface area contributed by atoms with Gasteiger partial charge in [-0.1, -0.05) is 23.7 Å². The summed E-state index contributed by atoms with van der Waals surface area (Å²) >= 11 is 5.95. The van der Waals surface area contributed by atoms with Gasteiger partial charge in [0.1, 0.15) is 0 Å². The highest BCUT2D eigenvalue weighted by Crippen LogP contribution is 2.32. The fraction of sp³-hybridized carbons (Fsp3) is 0.500. The maximum atomic E-state index is 13.0. The number of amides is 1. The molecule has 6 heteroatoms. The van der Waals surface area contributed by atoms with Gasteiger partial charge in [-0.05, 0) is 80.1 Å². The van der Waals surface area contributed by atoms with Crippen LogP contribution in [0.5, 0.6) is 0 Å². The Morgan fingerprint density at radius 2 is 1.63 bits per heavy atom. The molecule has 1 amide bonds. The number of piperidine rings is 2. The first-order valence-corrected chi connectivity index (χ1v) is 11.3. The number of aliphatic hydroxyl groups excluding tert-OH is 1. The van der Waals surface area contributed by atoms with Crippen LogP contribution >= 0.6 is 11.6 Å². The van der Waals surface area contributed by atoms with Gasteiger partial charge in [0, 0.05) is 43.0 Å². The molecule has 1 atom stereocenters. The van der Waals surface area contributed by atoms with Crippen LogP contribution in [0.3, 0.4) is 0 Å². The van der Waals surface area contributed by atoms with Crippen molar-refractivity contribution in [2.75, 3.05) is 26.2 Å². The molecule has 4 rings (SSSR count). The average Bonchev–Trinajstić information content (AvgIpc) is 2.80. The highest BCUT2D eigenvalue weighted by atomic mass is 35.5. The van der Waals surface area contributed by atoms with Crippen molar-refractivity contribution < 1.29 is 9.90 Å². The summed E-state index contributed by atoms with van der Waals surface area (Å²) in [7, 11) is 0. The number of nitrogens with zero attached hydrogens (tertiary/aromatic N) is 3. The molecular weight excluding hydrogens is 398 g/mol. The summed E-state index contributed by atoms with van der Waals surface area (Å²) in [6.45, 7) is 4.34.